The van der Waals surface area contributed by atoms with Crippen LogP contribution in [0.3, 0.4) is 0 Å². The van der Waals surface area contributed by atoms with Crippen LogP contribution in [0.2, 0.25) is 0 Å². The monoisotopic (exact) mass is 221 g/mol. The van der Waals surface area contributed by atoms with Crippen LogP contribution in [-0.2, 0) is 4.79 Å². The summed E-state index contributed by atoms with van der Waals surface area (Å²) in [6.45, 7) is 6.20. The van der Waals surface area contributed by atoms with Gasteiger partial charge >= 0.3 is 0 Å². The Morgan fingerprint density at radius 2 is 2.19 bits per heavy atom. The Morgan fingerprint density at radius 3 is 2.69 bits per heavy atom. The van der Waals surface area contributed by atoms with Crippen molar-refractivity contribution in [1.29, 1.82) is 0 Å². The van der Waals surface area contributed by atoms with E-state index in [1.807, 2.05) is 32.9 Å². The number of aromatic nitrogens is 1. The Balaban J connectivity index is 2.76. The highest BCUT2D eigenvalue weighted by Crippen LogP contribution is 2.11. The van der Waals surface area contributed by atoms with Gasteiger partial charge < -0.3 is 11.1 Å². The molecule has 16 heavy (non-hydrogen) atoms. The van der Waals surface area contributed by atoms with Crippen molar-refractivity contribution in [3.05, 3.63) is 23.4 Å². The van der Waals surface area contributed by atoms with E-state index in [4.69, 9.17) is 5.73 Å². The second-order valence-corrected chi connectivity index (χ2v) is 4.00. The van der Waals surface area contributed by atoms with E-state index in [2.05, 4.69) is 10.3 Å². The second-order valence-electron chi connectivity index (χ2n) is 4.00. The second kappa shape index (κ2) is 5.61. The Bertz CT molecular complexity index is 352. The first-order valence-electron chi connectivity index (χ1n) is 5.53. The van der Waals surface area contributed by atoms with Crippen LogP contribution in [0.15, 0.2) is 12.1 Å². The van der Waals surface area contributed by atoms with Crippen LogP contribution in [-0.4, -0.2) is 17.4 Å². The van der Waals surface area contributed by atoms with Gasteiger partial charge in [-0.25, -0.2) is 4.98 Å². The molecular weight excluding hydrogens is 202 g/mol. The van der Waals surface area contributed by atoms with E-state index in [0.717, 1.165) is 17.7 Å². The van der Waals surface area contributed by atoms with Crippen LogP contribution in [0.1, 0.15) is 24.6 Å². The molecule has 0 saturated heterocycles. The van der Waals surface area contributed by atoms with Gasteiger partial charge in [-0.1, -0.05) is 6.92 Å². The number of nitrogens with one attached hydrogen (secondary N) is 1. The molecule has 0 saturated carbocycles. The predicted octanol–water partition coefficient (Wildman–Crippen LogP) is 1.62. The summed E-state index contributed by atoms with van der Waals surface area (Å²) in [5.74, 6) is 0.416. The number of rotatable bonds is 4. The van der Waals surface area contributed by atoms with Gasteiger partial charge in [-0.05, 0) is 38.0 Å². The van der Waals surface area contributed by atoms with Crippen molar-refractivity contribution >= 4 is 11.7 Å². The van der Waals surface area contributed by atoms with Gasteiger partial charge in [0.25, 0.3) is 0 Å². The van der Waals surface area contributed by atoms with E-state index >= 15 is 0 Å². The number of nitrogens with zero attached hydrogens (tertiary/aromatic N) is 1. The Hall–Kier alpha value is -1.42. The third-order valence-corrected chi connectivity index (χ3v) is 2.50. The number of nitrogens with two attached hydrogens (primary N) is 1. The van der Waals surface area contributed by atoms with Gasteiger partial charge in [-0.3, -0.25) is 4.79 Å². The molecule has 4 heteroatoms. The lowest BCUT2D eigenvalue weighted by molar-refractivity contribution is -0.119. The average Bonchev–Trinajstić information content (AvgIpc) is 2.17. The zero-order valence-corrected chi connectivity index (χ0v) is 10.1. The predicted molar refractivity (Wildman–Crippen MR) is 65.2 cm³/mol. The molecule has 0 radical (unpaired) electrons. The van der Waals surface area contributed by atoms with Crippen LogP contribution >= 0.6 is 0 Å². The van der Waals surface area contributed by atoms with Gasteiger partial charge in [0.15, 0.2) is 0 Å². The minimum Gasteiger partial charge on any atom is -0.330 e. The Kier molecular flexibility index (Phi) is 4.43. The fourth-order valence-electron chi connectivity index (χ4n) is 1.59. The highest BCUT2D eigenvalue weighted by atomic mass is 16.1. The minimum absolute atomic E-state index is 0.0532. The molecule has 1 heterocycles. The molecule has 0 bridgehead atoms. The molecule has 3 N–H and O–H groups in total. The van der Waals surface area contributed by atoms with Crippen molar-refractivity contribution in [2.24, 2.45) is 11.7 Å². The number of anilines is 1. The average molecular weight is 221 g/mol. The summed E-state index contributed by atoms with van der Waals surface area (Å²) in [6, 6.07) is 3.82. The molecule has 0 aliphatic rings. The molecule has 0 aliphatic carbocycles. The molecule has 0 spiro atoms. The number of carbonyl (C=O) groups is 1. The molecule has 1 aromatic rings. The number of pyridine rings is 1. The summed E-state index contributed by atoms with van der Waals surface area (Å²) in [4.78, 5) is 16.0. The number of hydrogen-bond acceptors (Lipinski definition) is 3. The SMILES string of the molecule is CCC(CN)C(=O)Nc1cc(C)cc(C)n1. The van der Waals surface area contributed by atoms with E-state index in [0.29, 0.717) is 12.4 Å². The van der Waals surface area contributed by atoms with Crippen LogP contribution in [0.4, 0.5) is 5.82 Å². The Morgan fingerprint density at radius 1 is 1.50 bits per heavy atom. The first kappa shape index (κ1) is 12.6. The van der Waals surface area contributed by atoms with Gasteiger partial charge in [-0.2, -0.15) is 0 Å². The van der Waals surface area contributed by atoms with Crippen LogP contribution < -0.4 is 11.1 Å². The van der Waals surface area contributed by atoms with Crippen molar-refractivity contribution in [1.82, 2.24) is 4.98 Å². The van der Waals surface area contributed by atoms with Crippen molar-refractivity contribution in [3.8, 4) is 0 Å². The molecular formula is C12H19N3O. The van der Waals surface area contributed by atoms with Crippen LogP contribution in [0, 0.1) is 19.8 Å². The third-order valence-electron chi connectivity index (χ3n) is 2.50. The summed E-state index contributed by atoms with van der Waals surface area (Å²) in [6.07, 6.45) is 0.743. The number of aryl methyl sites for hydroxylation is 2. The fourth-order valence-corrected chi connectivity index (χ4v) is 1.59. The summed E-state index contributed by atoms with van der Waals surface area (Å²) in [5, 5.41) is 2.80. The maximum atomic E-state index is 11.8. The number of amides is 1. The zero-order valence-electron chi connectivity index (χ0n) is 10.1. The highest BCUT2D eigenvalue weighted by molar-refractivity contribution is 5.91. The lowest BCUT2D eigenvalue weighted by Gasteiger charge is -2.12. The molecule has 0 fully saturated rings. The van der Waals surface area contributed by atoms with Gasteiger partial charge in [-0.15, -0.1) is 0 Å². The molecule has 1 rings (SSSR count). The molecule has 1 amide bonds. The molecule has 4 nitrogen and oxygen atoms in total. The molecule has 1 atom stereocenters. The maximum Gasteiger partial charge on any atom is 0.229 e. The standard InChI is InChI=1S/C12H19N3O/c1-4-10(7-13)12(16)15-11-6-8(2)5-9(3)14-11/h5-6,10H,4,7,13H2,1-3H3,(H,14,15,16). The van der Waals surface area contributed by atoms with Gasteiger partial charge in [0.2, 0.25) is 5.91 Å². The highest BCUT2D eigenvalue weighted by Gasteiger charge is 2.14. The van der Waals surface area contributed by atoms with Gasteiger partial charge in [0.05, 0.1) is 5.92 Å². The summed E-state index contributed by atoms with van der Waals surface area (Å²) < 4.78 is 0. The van der Waals surface area contributed by atoms with E-state index in [-0.39, 0.29) is 11.8 Å². The summed E-state index contributed by atoms with van der Waals surface area (Å²) in [7, 11) is 0. The lowest BCUT2D eigenvalue weighted by atomic mass is 10.1. The van der Waals surface area contributed by atoms with E-state index in [9.17, 15) is 4.79 Å². The maximum absolute atomic E-state index is 11.8. The minimum atomic E-state index is -0.136. The fraction of sp³-hybridized carbons (Fsp3) is 0.500. The van der Waals surface area contributed by atoms with Crippen LogP contribution in [0.25, 0.3) is 0 Å². The third kappa shape index (κ3) is 3.31. The van der Waals surface area contributed by atoms with Gasteiger partial charge in [0.1, 0.15) is 5.82 Å². The van der Waals surface area contributed by atoms with Crippen molar-refractivity contribution in [2.45, 2.75) is 27.2 Å². The van der Waals surface area contributed by atoms with Crippen LogP contribution in [0.5, 0.6) is 0 Å². The van der Waals surface area contributed by atoms with Crippen molar-refractivity contribution < 1.29 is 4.79 Å². The quantitative estimate of drug-likeness (QED) is 0.811. The Labute approximate surface area is 96.3 Å². The lowest BCUT2D eigenvalue weighted by Crippen LogP contribution is -2.29. The number of carbonyl (C=O) groups excluding carboxylic acids is 1. The first-order valence-corrected chi connectivity index (χ1v) is 5.53. The summed E-state index contributed by atoms with van der Waals surface area (Å²) >= 11 is 0. The normalized spacial score (nSPS) is 12.2. The molecule has 1 unspecified atom stereocenters. The zero-order chi connectivity index (χ0) is 12.1. The van der Waals surface area contributed by atoms with E-state index in [1.54, 1.807) is 0 Å². The van der Waals surface area contributed by atoms with Crippen molar-refractivity contribution in [3.63, 3.8) is 0 Å². The largest absolute Gasteiger partial charge is 0.330 e. The molecule has 88 valence electrons. The van der Waals surface area contributed by atoms with E-state index in [1.165, 1.54) is 0 Å². The number of hydrogen-bond donors (Lipinski definition) is 2. The smallest absolute Gasteiger partial charge is 0.229 e. The molecule has 0 aliphatic heterocycles. The topological polar surface area (TPSA) is 68.0 Å². The molecule has 1 aromatic heterocycles. The van der Waals surface area contributed by atoms with Gasteiger partial charge in [0, 0.05) is 12.2 Å². The summed E-state index contributed by atoms with van der Waals surface area (Å²) in [5.41, 5.74) is 7.50. The first-order chi connectivity index (χ1) is 7.56. The van der Waals surface area contributed by atoms with Crippen molar-refractivity contribution in [2.75, 3.05) is 11.9 Å². The van der Waals surface area contributed by atoms with E-state index < -0.39 is 0 Å². The molecule has 0 aromatic carbocycles.